The summed E-state index contributed by atoms with van der Waals surface area (Å²) in [6.07, 6.45) is 5.67. The summed E-state index contributed by atoms with van der Waals surface area (Å²) in [7, 11) is 1.38. The van der Waals surface area contributed by atoms with Crippen molar-refractivity contribution in [1.82, 2.24) is 4.90 Å². The molecule has 1 saturated heterocycles. The third-order valence-corrected chi connectivity index (χ3v) is 6.23. The number of carbonyl (C=O) groups excluding carboxylic acids is 2. The van der Waals surface area contributed by atoms with Gasteiger partial charge in [-0.15, -0.1) is 0 Å². The first-order valence-electron chi connectivity index (χ1n) is 9.26. The fourth-order valence-electron chi connectivity index (χ4n) is 4.90. The Labute approximate surface area is 147 Å². The number of nitrogens with zero attached hydrogens (tertiary/aromatic N) is 1. The van der Waals surface area contributed by atoms with Crippen LogP contribution >= 0.6 is 0 Å². The maximum absolute atomic E-state index is 14.0. The second kappa shape index (κ2) is 6.43. The number of ether oxygens (including phenoxy) is 1. The van der Waals surface area contributed by atoms with Gasteiger partial charge in [0.25, 0.3) is 0 Å². The molecule has 1 heterocycles. The molecule has 0 spiro atoms. The highest BCUT2D eigenvalue weighted by molar-refractivity contribution is 5.89. The summed E-state index contributed by atoms with van der Waals surface area (Å²) in [5.41, 5.74) is 0.620. The van der Waals surface area contributed by atoms with Gasteiger partial charge >= 0.3 is 5.97 Å². The molecule has 2 saturated carbocycles. The molecular formula is C20H24FNO3. The monoisotopic (exact) mass is 345 g/mol. The van der Waals surface area contributed by atoms with E-state index in [-0.39, 0.29) is 35.6 Å². The van der Waals surface area contributed by atoms with Crippen LogP contribution in [-0.2, 0) is 14.3 Å². The van der Waals surface area contributed by atoms with Gasteiger partial charge in [0, 0.05) is 12.0 Å². The summed E-state index contributed by atoms with van der Waals surface area (Å²) >= 11 is 0. The van der Waals surface area contributed by atoms with Crippen LogP contribution < -0.4 is 0 Å². The molecule has 1 aromatic rings. The van der Waals surface area contributed by atoms with E-state index in [1.807, 2.05) is 6.07 Å². The Morgan fingerprint density at radius 1 is 1.16 bits per heavy atom. The number of likely N-dealkylation sites (tertiary alicyclic amines) is 1. The van der Waals surface area contributed by atoms with Gasteiger partial charge < -0.3 is 9.64 Å². The molecule has 0 aromatic heterocycles. The van der Waals surface area contributed by atoms with E-state index in [4.69, 9.17) is 4.74 Å². The zero-order chi connectivity index (χ0) is 17.6. The summed E-state index contributed by atoms with van der Waals surface area (Å²) in [4.78, 5) is 27.2. The van der Waals surface area contributed by atoms with Crippen molar-refractivity contribution in [2.24, 2.45) is 11.8 Å². The normalized spacial score (nSPS) is 33.7. The number of esters is 1. The molecule has 3 fully saturated rings. The largest absolute Gasteiger partial charge is 0.467 e. The predicted molar refractivity (Wildman–Crippen MR) is 90.3 cm³/mol. The number of fused-ring (bicyclic) bond motifs is 1. The maximum atomic E-state index is 14.0. The van der Waals surface area contributed by atoms with Gasteiger partial charge in [0.1, 0.15) is 11.9 Å². The first-order valence-corrected chi connectivity index (χ1v) is 9.26. The summed E-state index contributed by atoms with van der Waals surface area (Å²) in [6.45, 7) is 0. The van der Waals surface area contributed by atoms with E-state index in [0.717, 1.165) is 19.3 Å². The molecule has 4 rings (SSSR count). The van der Waals surface area contributed by atoms with Gasteiger partial charge in [-0.05, 0) is 49.1 Å². The second-order valence-corrected chi connectivity index (χ2v) is 7.60. The number of hydrogen-bond donors (Lipinski definition) is 0. The molecule has 3 aliphatic rings. The Hall–Kier alpha value is -1.91. The first kappa shape index (κ1) is 16.6. The van der Waals surface area contributed by atoms with Gasteiger partial charge in [-0.2, -0.15) is 0 Å². The fraction of sp³-hybridized carbons (Fsp3) is 0.600. The minimum atomic E-state index is -0.465. The fourth-order valence-corrected chi connectivity index (χ4v) is 4.90. The quantitative estimate of drug-likeness (QED) is 0.790. The SMILES string of the molecule is COC(=O)[C@@H]1C[C@@H]2CCCC[C@@H]2N1C(=O)[C@H]1C[C@@H]1c1ccccc1F. The number of amides is 1. The van der Waals surface area contributed by atoms with E-state index in [1.165, 1.54) is 19.6 Å². The smallest absolute Gasteiger partial charge is 0.328 e. The first-order chi connectivity index (χ1) is 12.1. The predicted octanol–water partition coefficient (Wildman–Crippen LogP) is 3.26. The van der Waals surface area contributed by atoms with Crippen molar-refractivity contribution in [3.63, 3.8) is 0 Å². The zero-order valence-electron chi connectivity index (χ0n) is 14.5. The van der Waals surface area contributed by atoms with E-state index < -0.39 is 6.04 Å². The van der Waals surface area contributed by atoms with Crippen LogP contribution in [0.25, 0.3) is 0 Å². The van der Waals surface area contributed by atoms with Gasteiger partial charge in [0.05, 0.1) is 7.11 Å². The van der Waals surface area contributed by atoms with Crippen LogP contribution in [0.3, 0.4) is 0 Å². The number of carbonyl (C=O) groups is 2. The standard InChI is InChI=1S/C20H24FNO3/c1-25-20(24)18-10-12-6-2-5-9-17(12)22(18)19(23)15-11-14(15)13-7-3-4-8-16(13)21/h3-4,7-8,12,14-15,17-18H,2,5-6,9-11H2,1H3/t12-,14+,15-,17-,18-/m0/s1. The third kappa shape index (κ3) is 2.83. The Balaban J connectivity index is 1.55. The minimum absolute atomic E-state index is 0.0121. The van der Waals surface area contributed by atoms with Crippen LogP contribution in [0, 0.1) is 17.7 Å². The summed E-state index contributed by atoms with van der Waals surface area (Å²) in [5, 5.41) is 0. The molecule has 1 amide bonds. The average molecular weight is 345 g/mol. The van der Waals surface area contributed by atoms with Crippen molar-refractivity contribution in [3.8, 4) is 0 Å². The van der Waals surface area contributed by atoms with E-state index in [2.05, 4.69) is 0 Å². The van der Waals surface area contributed by atoms with Gasteiger partial charge in [-0.3, -0.25) is 4.79 Å². The van der Waals surface area contributed by atoms with E-state index in [1.54, 1.807) is 17.0 Å². The van der Waals surface area contributed by atoms with E-state index in [0.29, 0.717) is 24.3 Å². The van der Waals surface area contributed by atoms with Crippen LogP contribution in [0.15, 0.2) is 24.3 Å². The average Bonchev–Trinajstić information content (AvgIpc) is 3.33. The van der Waals surface area contributed by atoms with Crippen LogP contribution in [0.4, 0.5) is 4.39 Å². The molecular weight excluding hydrogens is 321 g/mol. The number of methoxy groups -OCH3 is 1. The molecule has 0 radical (unpaired) electrons. The lowest BCUT2D eigenvalue weighted by Crippen LogP contribution is -2.47. The van der Waals surface area contributed by atoms with Gasteiger partial charge in [0.15, 0.2) is 0 Å². The van der Waals surface area contributed by atoms with Crippen LogP contribution in [0.5, 0.6) is 0 Å². The molecule has 134 valence electrons. The van der Waals surface area contributed by atoms with Crippen LogP contribution in [0.1, 0.15) is 50.0 Å². The molecule has 5 heteroatoms. The van der Waals surface area contributed by atoms with Crippen molar-refractivity contribution in [3.05, 3.63) is 35.6 Å². The van der Waals surface area contributed by atoms with Crippen molar-refractivity contribution >= 4 is 11.9 Å². The zero-order valence-corrected chi connectivity index (χ0v) is 14.5. The molecule has 1 aliphatic heterocycles. The van der Waals surface area contributed by atoms with Crippen molar-refractivity contribution < 1.29 is 18.7 Å². The number of benzene rings is 1. The second-order valence-electron chi connectivity index (χ2n) is 7.60. The number of rotatable bonds is 3. The molecule has 1 aromatic carbocycles. The van der Waals surface area contributed by atoms with E-state index in [9.17, 15) is 14.0 Å². The lowest BCUT2D eigenvalue weighted by molar-refractivity contribution is -0.153. The van der Waals surface area contributed by atoms with Crippen LogP contribution in [-0.4, -0.2) is 36.0 Å². The highest BCUT2D eigenvalue weighted by atomic mass is 19.1. The Bertz CT molecular complexity index is 691. The minimum Gasteiger partial charge on any atom is -0.467 e. The topological polar surface area (TPSA) is 46.6 Å². The van der Waals surface area contributed by atoms with E-state index >= 15 is 0 Å². The highest BCUT2D eigenvalue weighted by Crippen LogP contribution is 2.51. The molecule has 4 nitrogen and oxygen atoms in total. The molecule has 25 heavy (non-hydrogen) atoms. The number of halogens is 1. The van der Waals surface area contributed by atoms with Crippen molar-refractivity contribution in [1.29, 1.82) is 0 Å². The molecule has 0 N–H and O–H groups in total. The van der Waals surface area contributed by atoms with Crippen molar-refractivity contribution in [2.75, 3.05) is 7.11 Å². The van der Waals surface area contributed by atoms with Gasteiger partial charge in [0.2, 0.25) is 5.91 Å². The molecule has 0 unspecified atom stereocenters. The molecule has 2 aliphatic carbocycles. The summed E-state index contributed by atoms with van der Waals surface area (Å²) in [5.74, 6) is -0.417. The van der Waals surface area contributed by atoms with Crippen molar-refractivity contribution in [2.45, 2.75) is 56.5 Å². The number of hydrogen-bond acceptors (Lipinski definition) is 3. The Morgan fingerprint density at radius 3 is 2.68 bits per heavy atom. The highest BCUT2D eigenvalue weighted by Gasteiger charge is 2.54. The lowest BCUT2D eigenvalue weighted by Gasteiger charge is -2.33. The maximum Gasteiger partial charge on any atom is 0.328 e. The molecule has 0 bridgehead atoms. The third-order valence-electron chi connectivity index (χ3n) is 6.23. The summed E-state index contributed by atoms with van der Waals surface area (Å²) in [6, 6.07) is 6.36. The molecule has 5 atom stereocenters. The van der Waals surface area contributed by atoms with Gasteiger partial charge in [-0.25, -0.2) is 9.18 Å². The summed E-state index contributed by atoms with van der Waals surface area (Å²) < 4.78 is 19.0. The van der Waals surface area contributed by atoms with Gasteiger partial charge in [-0.1, -0.05) is 31.0 Å². The Kier molecular flexibility index (Phi) is 4.26. The lowest BCUT2D eigenvalue weighted by atomic mass is 9.84. The van der Waals surface area contributed by atoms with Crippen LogP contribution in [0.2, 0.25) is 0 Å². The Morgan fingerprint density at radius 2 is 1.92 bits per heavy atom.